The van der Waals surface area contributed by atoms with Crippen LogP contribution in [0.15, 0.2) is 102 Å². The Morgan fingerprint density at radius 1 is 0.848 bits per heavy atom. The molecule has 5 rings (SSSR count). The summed E-state index contributed by atoms with van der Waals surface area (Å²) in [6.45, 7) is 1.98. The zero-order chi connectivity index (χ0) is 32.7. The summed E-state index contributed by atoms with van der Waals surface area (Å²) < 4.78 is 40.7. The Bertz CT molecular complexity index is 1770. The first-order chi connectivity index (χ1) is 22.2. The number of sulfonamides is 1. The zero-order valence-electron chi connectivity index (χ0n) is 25.1. The number of nitrogens with zero attached hydrogens (tertiary/aromatic N) is 2. The van der Waals surface area contributed by atoms with E-state index in [9.17, 15) is 18.0 Å². The van der Waals surface area contributed by atoms with Gasteiger partial charge >= 0.3 is 0 Å². The lowest BCUT2D eigenvalue weighted by Gasteiger charge is -2.34. The molecule has 12 heteroatoms. The van der Waals surface area contributed by atoms with Gasteiger partial charge in [0.1, 0.15) is 25.8 Å². The second kappa shape index (κ2) is 14.9. The number of amides is 2. The summed E-state index contributed by atoms with van der Waals surface area (Å²) in [7, 11) is -4.28. The van der Waals surface area contributed by atoms with Gasteiger partial charge in [-0.3, -0.25) is 13.9 Å². The molecule has 0 saturated carbocycles. The van der Waals surface area contributed by atoms with E-state index < -0.39 is 34.4 Å². The highest BCUT2D eigenvalue weighted by molar-refractivity contribution is 7.92. The van der Waals surface area contributed by atoms with Crippen molar-refractivity contribution >= 4 is 50.7 Å². The molecule has 1 heterocycles. The quantitative estimate of drug-likeness (QED) is 0.205. The average molecular weight is 683 g/mol. The molecule has 4 aromatic carbocycles. The van der Waals surface area contributed by atoms with E-state index in [2.05, 4.69) is 5.32 Å². The third kappa shape index (κ3) is 7.58. The number of hydrogen-bond donors (Lipinski definition) is 1. The minimum absolute atomic E-state index is 0.0112. The largest absolute Gasteiger partial charge is 0.486 e. The summed E-state index contributed by atoms with van der Waals surface area (Å²) in [6, 6.07) is 25.7. The Labute approximate surface area is 278 Å². The summed E-state index contributed by atoms with van der Waals surface area (Å²) >= 11 is 13.1. The first-order valence-electron chi connectivity index (χ1n) is 14.7. The number of hydrogen-bond acceptors (Lipinski definition) is 6. The van der Waals surface area contributed by atoms with E-state index in [1.54, 1.807) is 55.5 Å². The van der Waals surface area contributed by atoms with E-state index in [1.807, 2.05) is 30.3 Å². The van der Waals surface area contributed by atoms with Gasteiger partial charge in [-0.05, 0) is 48.9 Å². The molecule has 4 aromatic rings. The van der Waals surface area contributed by atoms with E-state index in [0.717, 1.165) is 9.87 Å². The Morgan fingerprint density at radius 3 is 2.13 bits per heavy atom. The average Bonchev–Trinajstić information content (AvgIpc) is 3.07. The Kier molecular flexibility index (Phi) is 10.7. The van der Waals surface area contributed by atoms with E-state index in [4.69, 9.17) is 32.7 Å². The molecule has 240 valence electrons. The van der Waals surface area contributed by atoms with Crippen molar-refractivity contribution in [2.75, 3.05) is 30.6 Å². The van der Waals surface area contributed by atoms with Gasteiger partial charge in [-0.25, -0.2) is 8.42 Å². The van der Waals surface area contributed by atoms with Gasteiger partial charge < -0.3 is 19.7 Å². The molecule has 0 spiro atoms. The van der Waals surface area contributed by atoms with E-state index >= 15 is 0 Å². The third-order valence-corrected chi connectivity index (χ3v) is 9.93. The number of anilines is 1. The van der Waals surface area contributed by atoms with Crippen LogP contribution >= 0.6 is 23.2 Å². The van der Waals surface area contributed by atoms with Crippen molar-refractivity contribution in [2.45, 2.75) is 30.8 Å². The van der Waals surface area contributed by atoms with Crippen LogP contribution in [0.5, 0.6) is 11.5 Å². The standard InChI is InChI=1S/C34H33Cl2N3O6S/c1-2-37-34(41)30(20-24-10-5-3-6-11-24)38(22-27-28(35)14-9-15-29(27)36)33(40)23-39(46(42,43)26-12-7-4-8-13-26)25-16-17-31-32(21-25)45-19-18-44-31/h3-17,21,30H,2,18-20,22-23H2,1H3,(H,37,41)/t30-/m0/s1. The van der Waals surface area contributed by atoms with Crippen LogP contribution in [-0.4, -0.2) is 57.5 Å². The molecule has 0 radical (unpaired) electrons. The van der Waals surface area contributed by atoms with Crippen molar-refractivity contribution in [3.05, 3.63) is 118 Å². The van der Waals surface area contributed by atoms with Gasteiger partial charge in [-0.2, -0.15) is 0 Å². The molecule has 9 nitrogen and oxygen atoms in total. The van der Waals surface area contributed by atoms with Crippen molar-refractivity contribution in [3.63, 3.8) is 0 Å². The molecular formula is C34H33Cl2N3O6S. The fourth-order valence-corrected chi connectivity index (χ4v) is 7.08. The first kappa shape index (κ1) is 33.1. The molecular weight excluding hydrogens is 649 g/mol. The third-order valence-electron chi connectivity index (χ3n) is 7.44. The molecule has 1 aliphatic rings. The lowest BCUT2D eigenvalue weighted by Crippen LogP contribution is -2.53. The number of rotatable bonds is 12. The minimum atomic E-state index is -4.28. The van der Waals surface area contributed by atoms with Gasteiger partial charge in [-0.15, -0.1) is 0 Å². The second-order valence-corrected chi connectivity index (χ2v) is 13.2. The zero-order valence-corrected chi connectivity index (χ0v) is 27.4. The van der Waals surface area contributed by atoms with Crippen LogP contribution in [0.25, 0.3) is 0 Å². The van der Waals surface area contributed by atoms with Crippen molar-refractivity contribution in [1.82, 2.24) is 10.2 Å². The molecule has 0 bridgehead atoms. The Morgan fingerprint density at radius 2 is 1.48 bits per heavy atom. The topological polar surface area (TPSA) is 105 Å². The summed E-state index contributed by atoms with van der Waals surface area (Å²) in [5, 5.41) is 3.44. The molecule has 0 saturated heterocycles. The number of likely N-dealkylation sites (N-methyl/N-ethyl adjacent to an activating group) is 1. The molecule has 1 atom stereocenters. The number of ether oxygens (including phenoxy) is 2. The summed E-state index contributed by atoms with van der Waals surface area (Å²) in [6.07, 6.45) is 0.163. The maximum Gasteiger partial charge on any atom is 0.264 e. The molecule has 2 amide bonds. The molecule has 1 aliphatic heterocycles. The molecule has 0 unspecified atom stereocenters. The van der Waals surface area contributed by atoms with Crippen LogP contribution in [0, 0.1) is 0 Å². The minimum Gasteiger partial charge on any atom is -0.486 e. The lowest BCUT2D eigenvalue weighted by atomic mass is 10.0. The molecule has 0 aromatic heterocycles. The van der Waals surface area contributed by atoms with Crippen LogP contribution < -0.4 is 19.1 Å². The van der Waals surface area contributed by atoms with Gasteiger partial charge in [0.25, 0.3) is 10.0 Å². The molecule has 46 heavy (non-hydrogen) atoms. The Hall–Kier alpha value is -4.25. The van der Waals surface area contributed by atoms with Gasteiger partial charge in [0.2, 0.25) is 11.8 Å². The second-order valence-electron chi connectivity index (χ2n) is 10.5. The van der Waals surface area contributed by atoms with Crippen LogP contribution in [0.2, 0.25) is 10.0 Å². The van der Waals surface area contributed by atoms with Crippen molar-refractivity contribution in [2.24, 2.45) is 0 Å². The van der Waals surface area contributed by atoms with E-state index in [0.29, 0.717) is 46.9 Å². The van der Waals surface area contributed by atoms with Gasteiger partial charge in [0, 0.05) is 41.2 Å². The van der Waals surface area contributed by atoms with Crippen LogP contribution in [0.3, 0.4) is 0 Å². The number of carbonyl (C=O) groups is 2. The summed E-state index contributed by atoms with van der Waals surface area (Å²) in [5.74, 6) is -0.224. The normalized spacial score (nSPS) is 13.0. The smallest absolute Gasteiger partial charge is 0.264 e. The highest BCUT2D eigenvalue weighted by Gasteiger charge is 2.35. The highest BCUT2D eigenvalue weighted by atomic mass is 35.5. The van der Waals surface area contributed by atoms with E-state index in [-0.39, 0.29) is 23.5 Å². The number of fused-ring (bicyclic) bond motifs is 1. The van der Waals surface area contributed by atoms with Crippen molar-refractivity contribution in [1.29, 1.82) is 0 Å². The maximum absolute atomic E-state index is 14.6. The van der Waals surface area contributed by atoms with Gasteiger partial charge in [0.15, 0.2) is 11.5 Å². The van der Waals surface area contributed by atoms with Crippen LogP contribution in [-0.2, 0) is 32.6 Å². The predicted molar refractivity (Wildman–Crippen MR) is 178 cm³/mol. The SMILES string of the molecule is CCNC(=O)[C@H](Cc1ccccc1)N(Cc1c(Cl)cccc1Cl)C(=O)CN(c1ccc2c(c1)OCCO2)S(=O)(=O)c1ccccc1. The lowest BCUT2D eigenvalue weighted by molar-refractivity contribution is -0.140. The first-order valence-corrected chi connectivity index (χ1v) is 16.9. The van der Waals surface area contributed by atoms with Gasteiger partial charge in [0.05, 0.1) is 10.6 Å². The fraction of sp³-hybridized carbons (Fsp3) is 0.235. The van der Waals surface area contributed by atoms with Crippen LogP contribution in [0.1, 0.15) is 18.1 Å². The highest BCUT2D eigenvalue weighted by Crippen LogP contribution is 2.36. The number of nitrogens with one attached hydrogen (secondary N) is 1. The van der Waals surface area contributed by atoms with E-state index in [1.165, 1.54) is 23.1 Å². The summed E-state index contributed by atoms with van der Waals surface area (Å²) in [5.41, 5.74) is 1.43. The number of carbonyl (C=O) groups excluding carboxylic acids is 2. The number of benzene rings is 4. The van der Waals surface area contributed by atoms with Crippen LogP contribution in [0.4, 0.5) is 5.69 Å². The van der Waals surface area contributed by atoms with Crippen molar-refractivity contribution < 1.29 is 27.5 Å². The number of halogens is 2. The summed E-state index contributed by atoms with van der Waals surface area (Å²) in [4.78, 5) is 29.5. The predicted octanol–water partition coefficient (Wildman–Crippen LogP) is 5.74. The monoisotopic (exact) mass is 681 g/mol. The fourth-order valence-electron chi connectivity index (χ4n) is 5.14. The Balaban J connectivity index is 1.60. The van der Waals surface area contributed by atoms with Crippen molar-refractivity contribution in [3.8, 4) is 11.5 Å². The molecule has 0 aliphatic carbocycles. The molecule has 1 N–H and O–H groups in total. The molecule has 0 fully saturated rings. The maximum atomic E-state index is 14.6. The van der Waals surface area contributed by atoms with Gasteiger partial charge in [-0.1, -0.05) is 77.8 Å².